The van der Waals surface area contributed by atoms with E-state index in [2.05, 4.69) is 0 Å². The second kappa shape index (κ2) is 7.62. The highest BCUT2D eigenvalue weighted by Gasteiger charge is 2.41. The Morgan fingerprint density at radius 1 is 1.26 bits per heavy atom. The Hall–Kier alpha value is -2.57. The number of aliphatic carboxylic acids is 1. The van der Waals surface area contributed by atoms with Gasteiger partial charge in [-0.3, -0.25) is 9.69 Å². The van der Waals surface area contributed by atoms with Gasteiger partial charge >= 0.3 is 18.0 Å². The first-order valence-corrected chi connectivity index (χ1v) is 7.28. The molecule has 23 heavy (non-hydrogen) atoms. The predicted octanol–water partition coefficient (Wildman–Crippen LogP) is 1.66. The zero-order valence-corrected chi connectivity index (χ0v) is 12.8. The van der Waals surface area contributed by atoms with Gasteiger partial charge in [0.2, 0.25) is 0 Å². The van der Waals surface area contributed by atoms with Crippen molar-refractivity contribution in [2.24, 2.45) is 5.92 Å². The second-order valence-corrected chi connectivity index (χ2v) is 5.43. The first kappa shape index (κ1) is 16.8. The van der Waals surface area contributed by atoms with Crippen molar-refractivity contribution in [1.82, 2.24) is 4.90 Å². The fraction of sp³-hybridized carbons (Fsp3) is 0.438. The maximum Gasteiger partial charge on any atom is 0.410 e. The number of amides is 1. The van der Waals surface area contributed by atoms with Gasteiger partial charge in [-0.2, -0.15) is 0 Å². The normalized spacial score (nSPS) is 20.1. The van der Waals surface area contributed by atoms with Crippen molar-refractivity contribution >= 4 is 18.0 Å². The third-order valence-corrected chi connectivity index (χ3v) is 3.76. The summed E-state index contributed by atoms with van der Waals surface area (Å²) in [6.07, 6.45) is -0.479. The Bertz CT molecular complexity index is 573. The fourth-order valence-corrected chi connectivity index (χ4v) is 2.68. The average Bonchev–Trinajstić information content (AvgIpc) is 2.96. The number of likely N-dealkylation sites (tertiary alicyclic amines) is 1. The second-order valence-electron chi connectivity index (χ2n) is 5.43. The summed E-state index contributed by atoms with van der Waals surface area (Å²) < 4.78 is 9.92. The monoisotopic (exact) mass is 321 g/mol. The van der Waals surface area contributed by atoms with Crippen LogP contribution in [0.25, 0.3) is 0 Å². The number of ether oxygens (including phenoxy) is 2. The standard InChI is InChI=1S/C16H19NO6/c1-22-15(20)13-7-12(8-14(18)19)9-17(13)16(21)23-10-11-5-3-2-4-6-11/h2-6,12-13H,7-10H2,1H3,(H,18,19)/t12-,13+/m1/s1. The summed E-state index contributed by atoms with van der Waals surface area (Å²) in [5.74, 6) is -1.81. The van der Waals surface area contributed by atoms with E-state index in [1.54, 1.807) is 0 Å². The molecule has 1 aliphatic heterocycles. The van der Waals surface area contributed by atoms with Crippen molar-refractivity contribution in [3.05, 3.63) is 35.9 Å². The lowest BCUT2D eigenvalue weighted by molar-refractivity contribution is -0.145. The zero-order valence-electron chi connectivity index (χ0n) is 12.8. The number of benzene rings is 1. The molecule has 0 unspecified atom stereocenters. The molecule has 1 heterocycles. The SMILES string of the molecule is COC(=O)[C@@H]1C[C@H](CC(=O)O)CN1C(=O)OCc1ccccc1. The van der Waals surface area contributed by atoms with Gasteiger partial charge in [0.15, 0.2) is 0 Å². The van der Waals surface area contributed by atoms with Crippen LogP contribution in [0.2, 0.25) is 0 Å². The summed E-state index contributed by atoms with van der Waals surface area (Å²) in [6, 6.07) is 8.37. The molecule has 1 aromatic carbocycles. The van der Waals surface area contributed by atoms with Crippen molar-refractivity contribution in [1.29, 1.82) is 0 Å². The quantitative estimate of drug-likeness (QED) is 0.829. The molecule has 0 spiro atoms. The number of carbonyl (C=O) groups excluding carboxylic acids is 2. The van der Waals surface area contributed by atoms with Gasteiger partial charge < -0.3 is 14.6 Å². The van der Waals surface area contributed by atoms with E-state index in [9.17, 15) is 14.4 Å². The lowest BCUT2D eigenvalue weighted by Crippen LogP contribution is -2.41. The number of methoxy groups -OCH3 is 1. The highest BCUT2D eigenvalue weighted by molar-refractivity contribution is 5.82. The number of esters is 1. The van der Waals surface area contributed by atoms with Crippen molar-refractivity contribution in [3.8, 4) is 0 Å². The van der Waals surface area contributed by atoms with Crippen LogP contribution in [0.5, 0.6) is 0 Å². The van der Waals surface area contributed by atoms with E-state index in [4.69, 9.17) is 14.6 Å². The molecule has 0 aromatic heterocycles. The van der Waals surface area contributed by atoms with Crippen LogP contribution in [0.1, 0.15) is 18.4 Å². The molecular weight excluding hydrogens is 302 g/mol. The molecule has 1 fully saturated rings. The minimum absolute atomic E-state index is 0.0909. The van der Waals surface area contributed by atoms with Crippen LogP contribution in [0.15, 0.2) is 30.3 Å². The Morgan fingerprint density at radius 2 is 1.96 bits per heavy atom. The number of carbonyl (C=O) groups is 3. The average molecular weight is 321 g/mol. The van der Waals surface area contributed by atoms with Crippen molar-refractivity contribution < 1.29 is 29.0 Å². The number of carboxylic acid groups (broad SMARTS) is 1. The van der Waals surface area contributed by atoms with Gasteiger partial charge in [0.05, 0.1) is 7.11 Å². The molecule has 0 radical (unpaired) electrons. The highest BCUT2D eigenvalue weighted by Crippen LogP contribution is 2.27. The summed E-state index contributed by atoms with van der Waals surface area (Å²) in [5.41, 5.74) is 0.830. The third-order valence-electron chi connectivity index (χ3n) is 3.76. The predicted molar refractivity (Wildman–Crippen MR) is 79.5 cm³/mol. The maximum atomic E-state index is 12.2. The smallest absolute Gasteiger partial charge is 0.410 e. The van der Waals surface area contributed by atoms with Crippen LogP contribution in [-0.2, 0) is 25.7 Å². The van der Waals surface area contributed by atoms with Crippen molar-refractivity contribution in [3.63, 3.8) is 0 Å². The van der Waals surface area contributed by atoms with E-state index < -0.39 is 24.1 Å². The van der Waals surface area contributed by atoms with Gasteiger partial charge in [-0.05, 0) is 17.9 Å². The summed E-state index contributed by atoms with van der Waals surface area (Å²) in [7, 11) is 1.24. The van der Waals surface area contributed by atoms with E-state index in [0.29, 0.717) is 0 Å². The van der Waals surface area contributed by atoms with Gasteiger partial charge in [0.1, 0.15) is 12.6 Å². The van der Waals surface area contributed by atoms with Crippen LogP contribution in [0.4, 0.5) is 4.79 Å². The molecule has 2 atom stereocenters. The number of hydrogen-bond acceptors (Lipinski definition) is 5. The van der Waals surface area contributed by atoms with E-state index in [0.717, 1.165) is 5.56 Å². The summed E-state index contributed by atoms with van der Waals surface area (Å²) >= 11 is 0. The zero-order chi connectivity index (χ0) is 16.8. The van der Waals surface area contributed by atoms with Crippen molar-refractivity contribution in [2.75, 3.05) is 13.7 Å². The summed E-state index contributed by atoms with van der Waals surface area (Å²) in [4.78, 5) is 36.1. The number of rotatable bonds is 5. The number of hydrogen-bond donors (Lipinski definition) is 1. The Balaban J connectivity index is 2.00. The molecule has 7 nitrogen and oxygen atoms in total. The summed E-state index contributed by atoms with van der Waals surface area (Å²) in [6.45, 7) is 0.257. The fourth-order valence-electron chi connectivity index (χ4n) is 2.68. The molecule has 0 aliphatic carbocycles. The Morgan fingerprint density at radius 3 is 2.57 bits per heavy atom. The first-order valence-electron chi connectivity index (χ1n) is 7.28. The number of carboxylic acids is 1. The van der Waals surface area contributed by atoms with Gasteiger partial charge in [0, 0.05) is 13.0 Å². The maximum absolute atomic E-state index is 12.2. The van der Waals surface area contributed by atoms with Gasteiger partial charge in [-0.1, -0.05) is 30.3 Å². The van der Waals surface area contributed by atoms with E-state index in [-0.39, 0.29) is 31.9 Å². The van der Waals surface area contributed by atoms with Gasteiger partial charge in [-0.15, -0.1) is 0 Å². The molecular formula is C16H19NO6. The van der Waals surface area contributed by atoms with Gasteiger partial charge in [0.25, 0.3) is 0 Å². The van der Waals surface area contributed by atoms with Crippen LogP contribution in [-0.4, -0.2) is 47.7 Å². The lowest BCUT2D eigenvalue weighted by Gasteiger charge is -2.22. The summed E-state index contributed by atoms with van der Waals surface area (Å²) in [5, 5.41) is 8.88. The lowest BCUT2D eigenvalue weighted by atomic mass is 10.0. The van der Waals surface area contributed by atoms with Crippen molar-refractivity contribution in [2.45, 2.75) is 25.5 Å². The number of nitrogens with zero attached hydrogens (tertiary/aromatic N) is 1. The molecule has 0 bridgehead atoms. The molecule has 1 aromatic rings. The van der Waals surface area contributed by atoms with Crippen LogP contribution < -0.4 is 0 Å². The van der Waals surface area contributed by atoms with E-state index in [1.165, 1.54) is 12.0 Å². The minimum atomic E-state index is -0.960. The molecule has 1 saturated heterocycles. The molecule has 1 N–H and O–H groups in total. The Labute approximate surface area is 133 Å². The largest absolute Gasteiger partial charge is 0.481 e. The van der Waals surface area contributed by atoms with Gasteiger partial charge in [-0.25, -0.2) is 9.59 Å². The first-order chi connectivity index (χ1) is 11.0. The highest BCUT2D eigenvalue weighted by atomic mass is 16.6. The van der Waals surface area contributed by atoms with Crippen LogP contribution in [0, 0.1) is 5.92 Å². The molecule has 2 rings (SSSR count). The van der Waals surface area contributed by atoms with Crippen LogP contribution >= 0.6 is 0 Å². The van der Waals surface area contributed by atoms with E-state index in [1.807, 2.05) is 30.3 Å². The molecule has 7 heteroatoms. The molecule has 1 aliphatic rings. The van der Waals surface area contributed by atoms with Crippen LogP contribution in [0.3, 0.4) is 0 Å². The molecule has 1 amide bonds. The molecule has 124 valence electrons. The van der Waals surface area contributed by atoms with E-state index >= 15 is 0 Å². The molecule has 0 saturated carbocycles. The third kappa shape index (κ3) is 4.45. The topological polar surface area (TPSA) is 93.1 Å². The minimum Gasteiger partial charge on any atom is -0.481 e. The Kier molecular flexibility index (Phi) is 5.56.